The van der Waals surface area contributed by atoms with Gasteiger partial charge in [0.1, 0.15) is 34.4 Å². The van der Waals surface area contributed by atoms with Crippen LogP contribution in [0.4, 0.5) is 10.1 Å². The van der Waals surface area contributed by atoms with Gasteiger partial charge in [-0.3, -0.25) is 4.79 Å². The molecule has 2 aromatic rings. The number of amides is 1. The Morgan fingerprint density at radius 2 is 2.22 bits per heavy atom. The zero-order chi connectivity index (χ0) is 22.9. The molecule has 2 aliphatic heterocycles. The van der Waals surface area contributed by atoms with Gasteiger partial charge < -0.3 is 19.4 Å². The molecule has 4 rings (SSSR count). The Hall–Kier alpha value is -3.00. The number of halogens is 1. The predicted molar refractivity (Wildman–Crippen MR) is 116 cm³/mol. The summed E-state index contributed by atoms with van der Waals surface area (Å²) in [4.78, 5) is 13.4. The molecule has 2 unspecified atom stereocenters. The maximum Gasteiger partial charge on any atom is 0.276 e. The van der Waals surface area contributed by atoms with E-state index in [1.54, 1.807) is 19.3 Å². The number of aryl methyl sites for hydroxylation is 1. The molecule has 0 saturated carbocycles. The normalized spacial score (nSPS) is 22.0. The number of fused-ring (bicyclic) bond motifs is 1. The molecule has 2 atom stereocenters. The number of hydrogen-bond acceptors (Lipinski definition) is 5. The first-order valence-corrected chi connectivity index (χ1v) is 11.3. The summed E-state index contributed by atoms with van der Waals surface area (Å²) in [5.41, 5.74) is -0.0621. The molecule has 32 heavy (non-hydrogen) atoms. The van der Waals surface area contributed by atoms with Gasteiger partial charge >= 0.3 is 0 Å². The number of nitrogens with one attached hydrogen (secondary N) is 2. The average Bonchev–Trinajstić information content (AvgIpc) is 3.05. The van der Waals surface area contributed by atoms with Crippen LogP contribution in [0.2, 0.25) is 0 Å². The Morgan fingerprint density at radius 3 is 2.91 bits per heavy atom. The van der Waals surface area contributed by atoms with Crippen LogP contribution in [0.3, 0.4) is 0 Å². The number of rotatable bonds is 4. The van der Waals surface area contributed by atoms with E-state index >= 15 is 0 Å². The van der Waals surface area contributed by atoms with Crippen molar-refractivity contribution in [1.29, 1.82) is 5.26 Å². The van der Waals surface area contributed by atoms with Crippen molar-refractivity contribution in [3.05, 3.63) is 54.1 Å². The maximum atomic E-state index is 13.6. The fourth-order valence-corrected chi connectivity index (χ4v) is 5.38. The van der Waals surface area contributed by atoms with Gasteiger partial charge in [-0.25, -0.2) is 13.3 Å². The summed E-state index contributed by atoms with van der Waals surface area (Å²) in [7, 11) is 0.0400. The quantitative estimate of drug-likeness (QED) is 0.686. The Kier molecular flexibility index (Phi) is 6.15. The minimum absolute atomic E-state index is 0.177. The van der Waals surface area contributed by atoms with Crippen LogP contribution in [-0.4, -0.2) is 40.5 Å². The van der Waals surface area contributed by atoms with Crippen LogP contribution < -0.4 is 14.8 Å². The van der Waals surface area contributed by atoms with E-state index in [0.717, 1.165) is 18.9 Å². The Balaban J connectivity index is 1.61. The van der Waals surface area contributed by atoms with Crippen LogP contribution in [0.25, 0.3) is 0 Å². The van der Waals surface area contributed by atoms with Crippen LogP contribution in [-0.2, 0) is 22.8 Å². The van der Waals surface area contributed by atoms with Crippen molar-refractivity contribution < 1.29 is 22.9 Å². The van der Waals surface area contributed by atoms with E-state index in [1.807, 2.05) is 6.08 Å². The molecule has 1 aromatic carbocycles. The minimum Gasteiger partial charge on any atom is -0.488 e. The number of benzene rings is 1. The van der Waals surface area contributed by atoms with Crippen LogP contribution in [0.1, 0.15) is 28.9 Å². The molecule has 0 spiro atoms. The Labute approximate surface area is 187 Å². The molecule has 0 aliphatic carbocycles. The summed E-state index contributed by atoms with van der Waals surface area (Å²) in [6.45, 7) is 5.35. The zero-order valence-electron chi connectivity index (χ0n) is 17.5. The molecule has 2 N–H and O–H groups in total. The molecule has 1 saturated heterocycles. The van der Waals surface area contributed by atoms with E-state index in [9.17, 15) is 13.4 Å². The summed E-state index contributed by atoms with van der Waals surface area (Å²) < 4.78 is 42.9. The number of carbonyl (C=O) groups is 1. The smallest absolute Gasteiger partial charge is 0.276 e. The second kappa shape index (κ2) is 8.86. The minimum atomic E-state index is -1.61. The third-order valence-electron chi connectivity index (χ3n) is 6.03. The fourth-order valence-electron chi connectivity index (χ4n) is 4.11. The molecule has 2 aliphatic rings. The van der Waals surface area contributed by atoms with Gasteiger partial charge in [0.25, 0.3) is 5.91 Å². The first-order chi connectivity index (χ1) is 15.4. The highest BCUT2D eigenvalue weighted by molar-refractivity contribution is 7.83. The van der Waals surface area contributed by atoms with Crippen LogP contribution >= 0.6 is 0 Å². The lowest BCUT2D eigenvalue weighted by molar-refractivity contribution is 0.0157. The lowest BCUT2D eigenvalue weighted by Crippen LogP contribution is -2.50. The summed E-state index contributed by atoms with van der Waals surface area (Å²) >= 11 is 0. The summed E-state index contributed by atoms with van der Waals surface area (Å²) in [6, 6.07) is 5.21. The van der Waals surface area contributed by atoms with E-state index in [4.69, 9.17) is 14.7 Å². The standard InChI is InChI=1S/C22H23FN4O4S/c1-3-22(6-8-30-9-7-22)18-13-31-20-17(32(29)26-18)12-27(2)19(20)21(28)25-15-4-5-16(23)14(10-15)11-24/h3-5,10,12,18,26H,1,6-9,13H2,2H3,(H,25,28). The largest absolute Gasteiger partial charge is 0.488 e. The topological polar surface area (TPSA) is 105 Å². The van der Waals surface area contributed by atoms with Crippen molar-refractivity contribution >= 4 is 22.6 Å². The number of nitriles is 1. The predicted octanol–water partition coefficient (Wildman–Crippen LogP) is 2.64. The van der Waals surface area contributed by atoms with Gasteiger partial charge in [-0.05, 0) is 31.0 Å². The highest BCUT2D eigenvalue weighted by atomic mass is 32.2. The third-order valence-corrected chi connectivity index (χ3v) is 7.22. The molecular formula is C22H23FN4O4S. The van der Waals surface area contributed by atoms with Crippen molar-refractivity contribution in [2.75, 3.05) is 25.1 Å². The molecular weight excluding hydrogens is 435 g/mol. The monoisotopic (exact) mass is 458 g/mol. The fraction of sp³-hybridized carbons (Fsp3) is 0.364. The number of hydrogen-bond donors (Lipinski definition) is 2. The molecule has 1 fully saturated rings. The van der Waals surface area contributed by atoms with Crippen molar-refractivity contribution in [2.45, 2.75) is 23.8 Å². The maximum absolute atomic E-state index is 13.6. The number of aromatic nitrogens is 1. The molecule has 0 bridgehead atoms. The van der Waals surface area contributed by atoms with Gasteiger partial charge in [-0.15, -0.1) is 6.58 Å². The number of nitrogens with zero attached hydrogens (tertiary/aromatic N) is 2. The first kappa shape index (κ1) is 22.2. The van der Waals surface area contributed by atoms with E-state index in [2.05, 4.69) is 16.6 Å². The van der Waals surface area contributed by atoms with Crippen molar-refractivity contribution in [1.82, 2.24) is 9.29 Å². The van der Waals surface area contributed by atoms with E-state index in [0.29, 0.717) is 18.1 Å². The van der Waals surface area contributed by atoms with Gasteiger partial charge in [-0.2, -0.15) is 5.26 Å². The first-order valence-electron chi connectivity index (χ1n) is 10.1. The second-order valence-corrected chi connectivity index (χ2v) is 9.06. The van der Waals surface area contributed by atoms with Crippen LogP contribution in [0.15, 0.2) is 41.9 Å². The van der Waals surface area contributed by atoms with Gasteiger partial charge in [-0.1, -0.05) is 6.08 Å². The molecule has 3 heterocycles. The highest BCUT2D eigenvalue weighted by Gasteiger charge is 2.42. The Morgan fingerprint density at radius 1 is 1.47 bits per heavy atom. The second-order valence-electron chi connectivity index (χ2n) is 7.84. The van der Waals surface area contributed by atoms with Crippen LogP contribution in [0, 0.1) is 22.6 Å². The van der Waals surface area contributed by atoms with Gasteiger partial charge in [0.15, 0.2) is 11.4 Å². The summed E-state index contributed by atoms with van der Waals surface area (Å²) in [5.74, 6) is -0.963. The molecule has 168 valence electrons. The third kappa shape index (κ3) is 3.95. The Bertz CT molecular complexity index is 1130. The molecule has 1 amide bonds. The lowest BCUT2D eigenvalue weighted by atomic mass is 9.74. The number of carbonyl (C=O) groups excluding carboxylic acids is 1. The van der Waals surface area contributed by atoms with E-state index in [-0.39, 0.29) is 40.8 Å². The van der Waals surface area contributed by atoms with Crippen molar-refractivity contribution in [2.24, 2.45) is 12.5 Å². The molecule has 0 radical (unpaired) electrons. The number of anilines is 1. The average molecular weight is 459 g/mol. The van der Waals surface area contributed by atoms with Gasteiger partial charge in [0.05, 0.1) is 11.6 Å². The van der Waals surface area contributed by atoms with Crippen molar-refractivity contribution in [3.63, 3.8) is 0 Å². The van der Waals surface area contributed by atoms with Crippen LogP contribution in [0.5, 0.6) is 5.75 Å². The zero-order valence-corrected chi connectivity index (χ0v) is 18.3. The van der Waals surface area contributed by atoms with Crippen molar-refractivity contribution in [3.8, 4) is 11.8 Å². The SMILES string of the molecule is C=CC1(C2COc3c(cn(C)c3C(=O)Nc3ccc(F)c(C#N)c3)S(=O)N2)CCOCC1. The molecule has 1 aromatic heterocycles. The summed E-state index contributed by atoms with van der Waals surface area (Å²) in [5, 5.41) is 11.7. The molecule has 8 nitrogen and oxygen atoms in total. The summed E-state index contributed by atoms with van der Waals surface area (Å²) in [6.07, 6.45) is 4.92. The molecule has 10 heteroatoms. The lowest BCUT2D eigenvalue weighted by Gasteiger charge is -2.40. The van der Waals surface area contributed by atoms with Gasteiger partial charge in [0.2, 0.25) is 0 Å². The number of ether oxygens (including phenoxy) is 2. The highest BCUT2D eigenvalue weighted by Crippen LogP contribution is 2.39. The van der Waals surface area contributed by atoms with E-state index in [1.165, 1.54) is 16.7 Å². The van der Waals surface area contributed by atoms with E-state index < -0.39 is 22.7 Å². The van der Waals surface area contributed by atoms with Gasteiger partial charge in [0, 0.05) is 37.6 Å².